The zero-order valence-corrected chi connectivity index (χ0v) is 17.2. The van der Waals surface area contributed by atoms with Gasteiger partial charge in [0.1, 0.15) is 17.1 Å². The largest absolute Gasteiger partial charge is 0.383 e. The Hall–Kier alpha value is -2.04. The molecule has 1 amide bonds. The SMILES string of the molecule is CS(=O)(=O)Oc1cccc(C2(Cc3ccc(F)c(Br)c3)NC(=S)NC2=O)c1. The highest BCUT2D eigenvalue weighted by atomic mass is 79.9. The fourth-order valence-electron chi connectivity index (χ4n) is 2.87. The number of carbonyl (C=O) groups is 1. The summed E-state index contributed by atoms with van der Waals surface area (Å²) in [6.07, 6.45) is 1.08. The third kappa shape index (κ3) is 4.28. The Kier molecular flexibility index (Phi) is 5.24. The van der Waals surface area contributed by atoms with Gasteiger partial charge in [0.05, 0.1) is 10.7 Å². The number of hydrogen-bond donors (Lipinski definition) is 2. The van der Waals surface area contributed by atoms with Gasteiger partial charge in [0, 0.05) is 6.42 Å². The Balaban J connectivity index is 2.06. The Bertz CT molecular complexity index is 1040. The molecular formula is C17H14BrFN2O4S2. The Labute approximate surface area is 169 Å². The van der Waals surface area contributed by atoms with Crippen molar-refractivity contribution in [2.75, 3.05) is 6.26 Å². The molecule has 27 heavy (non-hydrogen) atoms. The van der Waals surface area contributed by atoms with E-state index >= 15 is 0 Å². The highest BCUT2D eigenvalue weighted by Gasteiger charge is 2.46. The van der Waals surface area contributed by atoms with Gasteiger partial charge in [-0.05, 0) is 63.5 Å². The molecule has 3 rings (SSSR count). The van der Waals surface area contributed by atoms with Crippen LogP contribution in [0, 0.1) is 5.82 Å². The maximum absolute atomic E-state index is 13.5. The van der Waals surface area contributed by atoms with Crippen LogP contribution in [0.5, 0.6) is 5.75 Å². The second-order valence-electron chi connectivity index (χ2n) is 6.05. The van der Waals surface area contributed by atoms with E-state index in [1.54, 1.807) is 24.3 Å². The van der Waals surface area contributed by atoms with Crippen molar-refractivity contribution in [2.45, 2.75) is 12.0 Å². The number of benzene rings is 2. The number of thiocarbonyl (C=S) groups is 1. The van der Waals surface area contributed by atoms with Crippen molar-refractivity contribution in [1.82, 2.24) is 10.6 Å². The number of nitrogens with one attached hydrogen (secondary N) is 2. The molecule has 10 heteroatoms. The lowest BCUT2D eigenvalue weighted by molar-refractivity contribution is -0.124. The molecule has 1 saturated heterocycles. The zero-order valence-electron chi connectivity index (χ0n) is 14.0. The van der Waals surface area contributed by atoms with Gasteiger partial charge in [-0.3, -0.25) is 4.79 Å². The topological polar surface area (TPSA) is 84.5 Å². The number of carbonyl (C=O) groups excluding carboxylic acids is 1. The summed E-state index contributed by atoms with van der Waals surface area (Å²) >= 11 is 8.22. The molecule has 6 nitrogen and oxygen atoms in total. The molecule has 2 aromatic carbocycles. The minimum atomic E-state index is -3.73. The van der Waals surface area contributed by atoms with Crippen molar-refractivity contribution in [1.29, 1.82) is 0 Å². The molecule has 0 spiro atoms. The molecule has 0 aliphatic carbocycles. The van der Waals surface area contributed by atoms with E-state index in [2.05, 4.69) is 26.6 Å². The smallest absolute Gasteiger partial charge is 0.306 e. The van der Waals surface area contributed by atoms with E-state index in [4.69, 9.17) is 16.4 Å². The van der Waals surface area contributed by atoms with E-state index in [0.29, 0.717) is 11.1 Å². The van der Waals surface area contributed by atoms with E-state index in [1.807, 2.05) is 0 Å². The third-order valence-electron chi connectivity index (χ3n) is 3.97. The Morgan fingerprint density at radius 3 is 2.59 bits per heavy atom. The van der Waals surface area contributed by atoms with Crippen LogP contribution < -0.4 is 14.8 Å². The monoisotopic (exact) mass is 472 g/mol. The summed E-state index contributed by atoms with van der Waals surface area (Å²) in [6, 6.07) is 10.6. The summed E-state index contributed by atoms with van der Waals surface area (Å²) in [7, 11) is -3.73. The normalized spacial score (nSPS) is 19.5. The predicted octanol–water partition coefficient (Wildman–Crippen LogP) is 2.37. The third-order valence-corrected chi connectivity index (χ3v) is 5.28. The van der Waals surface area contributed by atoms with Crippen molar-refractivity contribution in [3.05, 3.63) is 63.9 Å². The van der Waals surface area contributed by atoms with Crippen molar-refractivity contribution >= 4 is 49.3 Å². The minimum Gasteiger partial charge on any atom is -0.383 e. The second-order valence-corrected chi connectivity index (χ2v) is 8.89. The van der Waals surface area contributed by atoms with Gasteiger partial charge in [-0.25, -0.2) is 4.39 Å². The zero-order chi connectivity index (χ0) is 19.8. The summed E-state index contributed by atoms with van der Waals surface area (Å²) in [6.45, 7) is 0. The molecule has 0 bridgehead atoms. The molecule has 1 unspecified atom stereocenters. The molecule has 0 aromatic heterocycles. The maximum atomic E-state index is 13.5. The maximum Gasteiger partial charge on any atom is 0.306 e. The van der Waals surface area contributed by atoms with Crippen LogP contribution in [0.25, 0.3) is 0 Å². The first-order valence-corrected chi connectivity index (χ1v) is 10.7. The predicted molar refractivity (Wildman–Crippen MR) is 105 cm³/mol. The molecule has 0 radical (unpaired) electrons. The van der Waals surface area contributed by atoms with E-state index in [-0.39, 0.29) is 21.8 Å². The number of halogens is 2. The van der Waals surface area contributed by atoms with Gasteiger partial charge in [0.15, 0.2) is 5.11 Å². The van der Waals surface area contributed by atoms with Gasteiger partial charge in [-0.15, -0.1) is 0 Å². The Morgan fingerprint density at radius 1 is 1.26 bits per heavy atom. The van der Waals surface area contributed by atoms with Gasteiger partial charge in [0.2, 0.25) is 0 Å². The molecule has 142 valence electrons. The lowest BCUT2D eigenvalue weighted by Crippen LogP contribution is -2.45. The first kappa shape index (κ1) is 19.7. The van der Waals surface area contributed by atoms with Crippen molar-refractivity contribution in [3.63, 3.8) is 0 Å². The van der Waals surface area contributed by atoms with Gasteiger partial charge in [0.25, 0.3) is 5.91 Å². The molecule has 1 atom stereocenters. The molecular weight excluding hydrogens is 459 g/mol. The molecule has 1 fully saturated rings. The van der Waals surface area contributed by atoms with Crippen LogP contribution in [0.4, 0.5) is 4.39 Å². The average Bonchev–Trinajstić information content (AvgIpc) is 2.84. The van der Waals surface area contributed by atoms with Crippen LogP contribution in [0.3, 0.4) is 0 Å². The average molecular weight is 473 g/mol. The first-order chi connectivity index (χ1) is 12.6. The lowest BCUT2D eigenvalue weighted by Gasteiger charge is -2.27. The van der Waals surface area contributed by atoms with Crippen LogP contribution in [0.15, 0.2) is 46.9 Å². The van der Waals surface area contributed by atoms with Gasteiger partial charge in [-0.1, -0.05) is 18.2 Å². The summed E-state index contributed by atoms with van der Waals surface area (Å²) < 4.78 is 41.6. The number of rotatable bonds is 5. The van der Waals surface area contributed by atoms with E-state index in [9.17, 15) is 17.6 Å². The molecule has 2 N–H and O–H groups in total. The minimum absolute atomic E-state index is 0.0714. The molecule has 1 aliphatic heterocycles. The highest BCUT2D eigenvalue weighted by molar-refractivity contribution is 9.10. The summed E-state index contributed by atoms with van der Waals surface area (Å²) in [4.78, 5) is 12.8. The van der Waals surface area contributed by atoms with Crippen molar-refractivity contribution in [2.24, 2.45) is 0 Å². The highest BCUT2D eigenvalue weighted by Crippen LogP contribution is 2.32. The van der Waals surface area contributed by atoms with Gasteiger partial charge < -0.3 is 14.8 Å². The second kappa shape index (κ2) is 7.17. The standard InChI is InChI=1S/C17H14BrFN2O4S2/c1-27(23,24)25-12-4-2-3-11(8-12)17(15(22)20-16(26)21-17)9-10-5-6-14(19)13(18)7-10/h2-8H,9H2,1H3,(H2,20,21,22,26). The van der Waals surface area contributed by atoms with Crippen LogP contribution >= 0.6 is 28.1 Å². The van der Waals surface area contributed by atoms with E-state index in [0.717, 1.165) is 6.26 Å². The van der Waals surface area contributed by atoms with Gasteiger partial charge in [-0.2, -0.15) is 8.42 Å². The van der Waals surface area contributed by atoms with E-state index in [1.165, 1.54) is 18.2 Å². The van der Waals surface area contributed by atoms with Crippen molar-refractivity contribution < 1.29 is 21.8 Å². The summed E-state index contributed by atoms with van der Waals surface area (Å²) in [5, 5.41) is 5.67. The molecule has 1 heterocycles. The lowest BCUT2D eigenvalue weighted by atomic mass is 9.83. The van der Waals surface area contributed by atoms with E-state index < -0.39 is 27.4 Å². The van der Waals surface area contributed by atoms with Crippen LogP contribution in [-0.2, 0) is 26.9 Å². The van der Waals surface area contributed by atoms with Gasteiger partial charge >= 0.3 is 10.1 Å². The fraction of sp³-hybridized carbons (Fsp3) is 0.176. The van der Waals surface area contributed by atoms with Crippen LogP contribution in [0.1, 0.15) is 11.1 Å². The Morgan fingerprint density at radius 2 is 2.00 bits per heavy atom. The molecule has 0 saturated carbocycles. The number of amides is 1. The molecule has 1 aliphatic rings. The fourth-order valence-corrected chi connectivity index (χ4v) is 4.01. The first-order valence-electron chi connectivity index (χ1n) is 7.67. The van der Waals surface area contributed by atoms with Crippen LogP contribution in [0.2, 0.25) is 0 Å². The van der Waals surface area contributed by atoms with Crippen LogP contribution in [-0.4, -0.2) is 25.7 Å². The number of hydrogen-bond acceptors (Lipinski definition) is 5. The molecule has 2 aromatic rings. The van der Waals surface area contributed by atoms with Crippen molar-refractivity contribution in [3.8, 4) is 5.75 Å². The summed E-state index contributed by atoms with van der Waals surface area (Å²) in [5.74, 6) is -0.748. The quantitative estimate of drug-likeness (QED) is 0.513. The summed E-state index contributed by atoms with van der Waals surface area (Å²) in [5.41, 5.74) is -0.155.